The van der Waals surface area contributed by atoms with E-state index in [0.29, 0.717) is 12.8 Å². The summed E-state index contributed by atoms with van der Waals surface area (Å²) in [7, 11) is 0. The van der Waals surface area contributed by atoms with Crippen molar-refractivity contribution in [3.8, 4) is 0 Å². The number of rotatable bonds is 0. The maximum Gasteiger partial charge on any atom is 0.279 e. The van der Waals surface area contributed by atoms with Gasteiger partial charge in [0.05, 0.1) is 0 Å². The first kappa shape index (κ1) is 43.7. The summed E-state index contributed by atoms with van der Waals surface area (Å²) in [5.41, 5.74) is 0. The summed E-state index contributed by atoms with van der Waals surface area (Å²) in [4.78, 5) is 0. The normalized spacial score (nSPS) is 26.6. The molecular weight excluding hydrogens is 584 g/mol. The van der Waals surface area contributed by atoms with Gasteiger partial charge in [-0.2, -0.15) is 0 Å². The smallest absolute Gasteiger partial charge is 0.279 e. The van der Waals surface area contributed by atoms with Crippen LogP contribution in [-0.4, -0.2) is 64.0 Å². The van der Waals surface area contributed by atoms with Crippen LogP contribution in [0.15, 0.2) is 0 Å². The summed E-state index contributed by atoms with van der Waals surface area (Å²) < 4.78 is 0. The molecule has 0 spiro atoms. The summed E-state index contributed by atoms with van der Waals surface area (Å²) in [5.74, 6) is -14.6. The fourth-order valence-corrected chi connectivity index (χ4v) is 6.95. The van der Waals surface area contributed by atoms with E-state index in [4.69, 9.17) is 0 Å². The molecule has 0 radical (unpaired) electrons. The topological polar surface area (TPSA) is 162 Å². The van der Waals surface area contributed by atoms with Crippen molar-refractivity contribution < 1.29 is 40.9 Å². The van der Waals surface area contributed by atoms with E-state index < -0.39 is 36.0 Å². The molecule has 0 aliphatic heterocycles. The molecule has 276 valence electrons. The van der Waals surface area contributed by atoms with Crippen molar-refractivity contribution in [1.82, 2.24) is 0 Å². The Labute approximate surface area is 282 Å². The predicted molar refractivity (Wildman–Crippen MR) is 186 cm³/mol. The molecule has 0 unspecified atom stereocenters. The molecule has 1 aliphatic carbocycles. The molecule has 8 nitrogen and oxygen atoms in total. The molecule has 0 aromatic rings. The molecular formula is C38H76O8. The number of hydrogen-bond acceptors (Lipinski definition) is 8. The molecule has 8 N–H and O–H groups in total. The Morgan fingerprint density at radius 1 is 0.174 bits per heavy atom. The van der Waals surface area contributed by atoms with Gasteiger partial charge in [0.1, 0.15) is 0 Å². The quantitative estimate of drug-likeness (QED) is 0.121. The van der Waals surface area contributed by atoms with Crippen LogP contribution in [-0.2, 0) is 0 Å². The molecule has 8 heteroatoms. The van der Waals surface area contributed by atoms with Crippen molar-refractivity contribution in [1.29, 1.82) is 0 Å². The molecule has 1 rings (SSSR count). The molecule has 0 atom stereocenters. The zero-order chi connectivity index (χ0) is 34.0. The second-order valence-electron chi connectivity index (χ2n) is 14.8. The maximum absolute atomic E-state index is 10.4. The van der Waals surface area contributed by atoms with Crippen molar-refractivity contribution in [3.63, 3.8) is 0 Å². The zero-order valence-corrected chi connectivity index (χ0v) is 29.6. The third kappa shape index (κ3) is 18.4. The molecule has 1 aliphatic rings. The summed E-state index contributed by atoms with van der Waals surface area (Å²) in [5, 5.41) is 83.0. The van der Waals surface area contributed by atoms with Gasteiger partial charge in [-0.3, -0.25) is 0 Å². The van der Waals surface area contributed by atoms with Gasteiger partial charge >= 0.3 is 0 Å². The van der Waals surface area contributed by atoms with Crippen molar-refractivity contribution in [2.45, 2.75) is 241 Å². The van der Waals surface area contributed by atoms with Crippen LogP contribution in [0.3, 0.4) is 0 Å². The molecule has 0 bridgehead atoms. The second kappa shape index (κ2) is 25.6. The van der Waals surface area contributed by atoms with Crippen LogP contribution in [0.25, 0.3) is 0 Å². The van der Waals surface area contributed by atoms with Crippen molar-refractivity contribution >= 4 is 0 Å². The summed E-state index contributed by atoms with van der Waals surface area (Å²) in [6.45, 7) is 0. The average molecular weight is 661 g/mol. The van der Waals surface area contributed by atoms with Crippen LogP contribution in [0.2, 0.25) is 0 Å². The van der Waals surface area contributed by atoms with Crippen molar-refractivity contribution in [3.05, 3.63) is 0 Å². The highest BCUT2D eigenvalue weighted by molar-refractivity contribution is 5.00. The first-order valence-corrected chi connectivity index (χ1v) is 19.7. The fraction of sp³-hybridized carbons (Fsp3) is 1.00. The van der Waals surface area contributed by atoms with Crippen molar-refractivity contribution in [2.75, 3.05) is 0 Å². The third-order valence-electron chi connectivity index (χ3n) is 10.4. The van der Waals surface area contributed by atoms with Crippen LogP contribution in [0.5, 0.6) is 0 Å². The van der Waals surface area contributed by atoms with Gasteiger partial charge in [0.25, 0.3) is 11.6 Å². The van der Waals surface area contributed by atoms with Gasteiger partial charge in [0, 0.05) is 12.8 Å². The van der Waals surface area contributed by atoms with Gasteiger partial charge in [-0.05, 0) is 12.8 Å². The molecule has 0 aromatic carbocycles. The van der Waals surface area contributed by atoms with Crippen LogP contribution in [0, 0.1) is 0 Å². The molecule has 46 heavy (non-hydrogen) atoms. The number of aliphatic hydroxyl groups is 8. The minimum Gasteiger partial charge on any atom is -0.361 e. The maximum atomic E-state index is 10.4. The highest BCUT2D eigenvalue weighted by atomic mass is 16.7. The SMILES string of the molecule is OC1(O)CCCCCCCCCCCCCCCCCCCCCCCCCCCCCCCCCCC(O)(O)C(O)(O)C1(O)O. The highest BCUT2D eigenvalue weighted by Crippen LogP contribution is 2.39. The van der Waals surface area contributed by atoms with Crippen LogP contribution in [0.1, 0.15) is 218 Å². The highest BCUT2D eigenvalue weighted by Gasteiger charge is 2.69. The number of hydrogen-bond donors (Lipinski definition) is 8. The lowest BCUT2D eigenvalue weighted by atomic mass is 9.84. The predicted octanol–water partition coefficient (Wildman–Crippen LogP) is 7.99. The van der Waals surface area contributed by atoms with Crippen LogP contribution < -0.4 is 0 Å². The van der Waals surface area contributed by atoms with Crippen LogP contribution in [0.4, 0.5) is 0 Å². The van der Waals surface area contributed by atoms with E-state index in [-0.39, 0.29) is 12.8 Å². The van der Waals surface area contributed by atoms with E-state index >= 15 is 0 Å². The van der Waals surface area contributed by atoms with Gasteiger partial charge < -0.3 is 40.9 Å². The molecule has 0 amide bonds. The minimum atomic E-state index is -3.97. The van der Waals surface area contributed by atoms with E-state index in [1.54, 1.807) is 0 Å². The van der Waals surface area contributed by atoms with Gasteiger partial charge in [-0.1, -0.05) is 193 Å². The fourth-order valence-electron chi connectivity index (χ4n) is 6.95. The van der Waals surface area contributed by atoms with Gasteiger partial charge in [0.15, 0.2) is 0 Å². The average Bonchev–Trinajstić information content (AvgIpc) is 3.00. The Hall–Kier alpha value is -0.320. The Morgan fingerprint density at radius 3 is 0.413 bits per heavy atom. The van der Waals surface area contributed by atoms with Gasteiger partial charge in [-0.15, -0.1) is 0 Å². The Balaban J connectivity index is 2.44. The Morgan fingerprint density at radius 2 is 0.283 bits per heavy atom. The van der Waals surface area contributed by atoms with E-state index in [0.717, 1.165) is 38.5 Å². The Bertz CT molecular complexity index is 636. The summed E-state index contributed by atoms with van der Waals surface area (Å²) >= 11 is 0. The van der Waals surface area contributed by atoms with Crippen molar-refractivity contribution in [2.24, 2.45) is 0 Å². The molecule has 1 saturated carbocycles. The van der Waals surface area contributed by atoms with Gasteiger partial charge in [0.2, 0.25) is 11.6 Å². The summed E-state index contributed by atoms with van der Waals surface area (Å²) in [6.07, 6.45) is 35.6. The van der Waals surface area contributed by atoms with E-state index in [2.05, 4.69) is 0 Å². The third-order valence-corrected chi connectivity index (χ3v) is 10.4. The lowest BCUT2D eigenvalue weighted by Crippen LogP contribution is -2.76. The molecule has 1 fully saturated rings. The lowest BCUT2D eigenvalue weighted by Gasteiger charge is -2.47. The lowest BCUT2D eigenvalue weighted by molar-refractivity contribution is -0.507. The van der Waals surface area contributed by atoms with E-state index in [1.165, 1.54) is 141 Å². The summed E-state index contributed by atoms with van der Waals surface area (Å²) in [6, 6.07) is 0. The second-order valence-corrected chi connectivity index (χ2v) is 14.8. The standard InChI is InChI=1S/C38H76O8/c39-35(40)33-31-29-27-25-23-21-19-17-15-13-11-9-7-5-3-1-2-4-6-8-10-12-14-16-18-20-22-24-26-28-30-32-34-36(41,42)38(45,46)37(35,43)44/h39-46H,1-34H2. The zero-order valence-electron chi connectivity index (χ0n) is 29.6. The van der Waals surface area contributed by atoms with E-state index in [9.17, 15) is 40.9 Å². The Kier molecular flexibility index (Phi) is 24.3. The van der Waals surface area contributed by atoms with Crippen LogP contribution >= 0.6 is 0 Å². The first-order chi connectivity index (χ1) is 22.0. The molecule has 0 aromatic heterocycles. The largest absolute Gasteiger partial charge is 0.361 e. The molecule has 0 saturated heterocycles. The first-order valence-electron chi connectivity index (χ1n) is 19.7. The minimum absolute atomic E-state index is 0.204. The van der Waals surface area contributed by atoms with Gasteiger partial charge in [-0.25, -0.2) is 0 Å². The van der Waals surface area contributed by atoms with E-state index in [1.807, 2.05) is 0 Å². The molecule has 0 heterocycles. The monoisotopic (exact) mass is 661 g/mol.